The average molecular weight is 427 g/mol. The Balaban J connectivity index is 2.10. The molecule has 0 fully saturated rings. The van der Waals surface area contributed by atoms with Crippen molar-refractivity contribution in [2.75, 3.05) is 27.3 Å². The van der Waals surface area contributed by atoms with Gasteiger partial charge in [-0.2, -0.15) is 4.31 Å². The molecule has 0 aromatic heterocycles. The summed E-state index contributed by atoms with van der Waals surface area (Å²) in [5, 5.41) is 2.96. The van der Waals surface area contributed by atoms with Gasteiger partial charge < -0.3 is 14.8 Å². The van der Waals surface area contributed by atoms with Crippen LogP contribution in [0.5, 0.6) is 11.5 Å². The molecule has 9 heteroatoms. The molecule has 28 heavy (non-hydrogen) atoms. The lowest BCUT2D eigenvalue weighted by atomic mass is 10.2. The van der Waals surface area contributed by atoms with Crippen LogP contribution in [0.3, 0.4) is 0 Å². The monoisotopic (exact) mass is 426 g/mol. The summed E-state index contributed by atoms with van der Waals surface area (Å²) in [5.41, 5.74) is 0.789. The van der Waals surface area contributed by atoms with Crippen molar-refractivity contribution in [2.45, 2.75) is 18.4 Å². The zero-order valence-corrected chi connectivity index (χ0v) is 17.5. The predicted octanol–water partition coefficient (Wildman–Crippen LogP) is 2.68. The number of carbonyl (C=O) groups excluding carboxylic acids is 1. The molecular weight excluding hydrogens is 404 g/mol. The number of ether oxygens (including phenoxy) is 2. The highest BCUT2D eigenvalue weighted by Crippen LogP contribution is 2.29. The lowest BCUT2D eigenvalue weighted by Gasteiger charge is -2.19. The fraction of sp³-hybridized carbons (Fsp3) is 0.316. The first kappa shape index (κ1) is 22.0. The summed E-state index contributed by atoms with van der Waals surface area (Å²) in [4.78, 5) is 12.2. The summed E-state index contributed by atoms with van der Waals surface area (Å²) >= 11 is 5.95. The Morgan fingerprint density at radius 1 is 1.18 bits per heavy atom. The molecule has 2 aromatic carbocycles. The van der Waals surface area contributed by atoms with Gasteiger partial charge in [0.2, 0.25) is 15.9 Å². The number of hydrogen-bond acceptors (Lipinski definition) is 5. The van der Waals surface area contributed by atoms with Crippen LogP contribution < -0.4 is 14.8 Å². The van der Waals surface area contributed by atoms with Gasteiger partial charge >= 0.3 is 0 Å². The molecule has 0 radical (unpaired) electrons. The van der Waals surface area contributed by atoms with Crippen LogP contribution in [0.4, 0.5) is 0 Å². The number of amides is 1. The summed E-state index contributed by atoms with van der Waals surface area (Å²) < 4.78 is 37.3. The number of nitrogens with one attached hydrogen (secondary N) is 1. The Kier molecular flexibility index (Phi) is 7.68. The number of para-hydroxylation sites is 1. The summed E-state index contributed by atoms with van der Waals surface area (Å²) in [6, 6.07) is 11.6. The van der Waals surface area contributed by atoms with E-state index in [1.54, 1.807) is 26.2 Å². The van der Waals surface area contributed by atoms with Gasteiger partial charge in [0.25, 0.3) is 0 Å². The third kappa shape index (κ3) is 5.37. The topological polar surface area (TPSA) is 84.9 Å². The molecule has 2 aromatic rings. The first-order valence-electron chi connectivity index (χ1n) is 8.56. The van der Waals surface area contributed by atoms with Gasteiger partial charge in [-0.05, 0) is 31.2 Å². The summed E-state index contributed by atoms with van der Waals surface area (Å²) in [6.07, 6.45) is 0. The van der Waals surface area contributed by atoms with E-state index in [1.165, 1.54) is 19.2 Å². The van der Waals surface area contributed by atoms with E-state index in [0.717, 1.165) is 9.87 Å². The maximum atomic E-state index is 12.9. The summed E-state index contributed by atoms with van der Waals surface area (Å²) in [6.45, 7) is 1.92. The molecule has 0 saturated heterocycles. The zero-order chi connectivity index (χ0) is 20.7. The van der Waals surface area contributed by atoms with Crippen LogP contribution in [-0.2, 0) is 21.4 Å². The fourth-order valence-electron chi connectivity index (χ4n) is 2.51. The van der Waals surface area contributed by atoms with E-state index in [2.05, 4.69) is 5.32 Å². The number of likely N-dealkylation sites (N-methyl/N-ethyl adjacent to an activating group) is 1. The van der Waals surface area contributed by atoms with Crippen molar-refractivity contribution in [3.63, 3.8) is 0 Å². The van der Waals surface area contributed by atoms with Crippen LogP contribution in [0.15, 0.2) is 47.4 Å². The van der Waals surface area contributed by atoms with Crippen molar-refractivity contribution in [1.82, 2.24) is 9.62 Å². The van der Waals surface area contributed by atoms with Crippen LogP contribution >= 0.6 is 11.6 Å². The van der Waals surface area contributed by atoms with Gasteiger partial charge in [0.05, 0.1) is 20.3 Å². The second-order valence-electron chi connectivity index (χ2n) is 5.87. The molecule has 1 N–H and O–H groups in total. The molecule has 2 rings (SSSR count). The molecule has 0 aliphatic carbocycles. The Morgan fingerprint density at radius 2 is 1.89 bits per heavy atom. The van der Waals surface area contributed by atoms with Crippen molar-refractivity contribution in [2.24, 2.45) is 0 Å². The maximum absolute atomic E-state index is 12.9. The van der Waals surface area contributed by atoms with Gasteiger partial charge in [0.1, 0.15) is 16.4 Å². The number of carbonyl (C=O) groups is 1. The van der Waals surface area contributed by atoms with Crippen LogP contribution in [0.1, 0.15) is 12.5 Å². The van der Waals surface area contributed by atoms with Crippen molar-refractivity contribution in [3.05, 3.63) is 53.1 Å². The number of benzene rings is 2. The Bertz CT molecular complexity index is 934. The maximum Gasteiger partial charge on any atom is 0.247 e. The zero-order valence-electron chi connectivity index (χ0n) is 15.9. The molecular formula is C19H23ClN2O5S. The number of sulfonamides is 1. The molecule has 7 nitrogen and oxygen atoms in total. The number of rotatable bonds is 9. The second kappa shape index (κ2) is 9.77. The minimum Gasteiger partial charge on any atom is -0.496 e. The highest BCUT2D eigenvalue weighted by molar-refractivity contribution is 7.89. The number of nitrogens with zero attached hydrogens (tertiary/aromatic N) is 1. The summed E-state index contributed by atoms with van der Waals surface area (Å²) in [7, 11) is -1.10. The molecule has 0 atom stereocenters. The lowest BCUT2D eigenvalue weighted by Crippen LogP contribution is -2.38. The molecule has 0 aliphatic heterocycles. The van der Waals surface area contributed by atoms with E-state index < -0.39 is 15.9 Å². The lowest BCUT2D eigenvalue weighted by molar-refractivity contribution is -0.121. The minimum atomic E-state index is -3.97. The third-order valence-corrected chi connectivity index (χ3v) is 5.99. The van der Waals surface area contributed by atoms with E-state index in [1.807, 2.05) is 18.2 Å². The highest BCUT2D eigenvalue weighted by Gasteiger charge is 2.27. The molecule has 0 saturated carbocycles. The standard InChI is InChI=1S/C19H23ClN2O5S/c1-4-27-17-10-9-15(20)11-18(17)28(24,25)22(2)13-19(23)21-12-14-7-5-6-8-16(14)26-3/h5-11H,4,12-13H2,1-3H3,(H,21,23). The first-order chi connectivity index (χ1) is 13.3. The normalized spacial score (nSPS) is 11.3. The van der Waals surface area contributed by atoms with E-state index in [4.69, 9.17) is 21.1 Å². The quantitative estimate of drug-likeness (QED) is 0.666. The van der Waals surface area contributed by atoms with Gasteiger partial charge in [-0.15, -0.1) is 0 Å². The van der Waals surface area contributed by atoms with E-state index in [9.17, 15) is 13.2 Å². The predicted molar refractivity (Wildman–Crippen MR) is 107 cm³/mol. The first-order valence-corrected chi connectivity index (χ1v) is 10.4. The Hall–Kier alpha value is -2.29. The summed E-state index contributed by atoms with van der Waals surface area (Å²) in [5.74, 6) is 0.384. The minimum absolute atomic E-state index is 0.0816. The van der Waals surface area contributed by atoms with Crippen molar-refractivity contribution < 1.29 is 22.7 Å². The van der Waals surface area contributed by atoms with Gasteiger partial charge in [-0.1, -0.05) is 29.8 Å². The van der Waals surface area contributed by atoms with E-state index >= 15 is 0 Å². The van der Waals surface area contributed by atoms with Crippen LogP contribution in [0, 0.1) is 0 Å². The molecule has 0 heterocycles. The molecule has 152 valence electrons. The average Bonchev–Trinajstić information content (AvgIpc) is 2.68. The van der Waals surface area contributed by atoms with Crippen LogP contribution in [0.2, 0.25) is 5.02 Å². The molecule has 1 amide bonds. The third-order valence-electron chi connectivity index (χ3n) is 3.93. The van der Waals surface area contributed by atoms with Crippen molar-refractivity contribution >= 4 is 27.5 Å². The Morgan fingerprint density at radius 3 is 2.57 bits per heavy atom. The van der Waals surface area contributed by atoms with Crippen LogP contribution in [0.25, 0.3) is 0 Å². The van der Waals surface area contributed by atoms with Crippen LogP contribution in [-0.4, -0.2) is 45.9 Å². The van der Waals surface area contributed by atoms with Crippen molar-refractivity contribution in [1.29, 1.82) is 0 Å². The molecule has 0 aliphatic rings. The van der Waals surface area contributed by atoms with E-state index in [-0.39, 0.29) is 28.8 Å². The smallest absolute Gasteiger partial charge is 0.247 e. The van der Waals surface area contributed by atoms with Crippen molar-refractivity contribution in [3.8, 4) is 11.5 Å². The Labute approximate surface area is 170 Å². The second-order valence-corrected chi connectivity index (χ2v) is 8.32. The number of hydrogen-bond donors (Lipinski definition) is 1. The fourth-order valence-corrected chi connectivity index (χ4v) is 4.03. The number of halogens is 1. The highest BCUT2D eigenvalue weighted by atomic mass is 35.5. The molecule has 0 unspecified atom stereocenters. The van der Waals surface area contributed by atoms with Gasteiger partial charge in [-0.3, -0.25) is 4.79 Å². The largest absolute Gasteiger partial charge is 0.496 e. The van der Waals surface area contributed by atoms with Gasteiger partial charge in [-0.25, -0.2) is 8.42 Å². The number of methoxy groups -OCH3 is 1. The van der Waals surface area contributed by atoms with E-state index in [0.29, 0.717) is 12.4 Å². The van der Waals surface area contributed by atoms with Gasteiger partial charge in [0, 0.05) is 24.2 Å². The van der Waals surface area contributed by atoms with Gasteiger partial charge in [0.15, 0.2) is 0 Å². The molecule has 0 spiro atoms. The SMILES string of the molecule is CCOc1ccc(Cl)cc1S(=O)(=O)N(C)CC(=O)NCc1ccccc1OC. The molecule has 0 bridgehead atoms.